The van der Waals surface area contributed by atoms with Gasteiger partial charge in [0.2, 0.25) is 6.10 Å². The molecule has 1 aromatic carbocycles. The number of fused-ring (bicyclic) bond motifs is 1. The molecule has 0 aliphatic carbocycles. The van der Waals surface area contributed by atoms with Crippen molar-refractivity contribution >= 4 is 5.91 Å². The summed E-state index contributed by atoms with van der Waals surface area (Å²) in [5, 5.41) is 3.20. The van der Waals surface area contributed by atoms with Gasteiger partial charge in [-0.15, -0.1) is 0 Å². The van der Waals surface area contributed by atoms with E-state index in [2.05, 4.69) is 5.32 Å². The van der Waals surface area contributed by atoms with Crippen LogP contribution in [0.4, 0.5) is 0 Å². The Morgan fingerprint density at radius 3 is 2.89 bits per heavy atom. The first kappa shape index (κ1) is 12.3. The van der Waals surface area contributed by atoms with E-state index < -0.39 is 6.10 Å². The Hall–Kier alpha value is -1.75. The quantitative estimate of drug-likeness (QED) is 0.850. The molecule has 102 valence electrons. The van der Waals surface area contributed by atoms with E-state index in [1.54, 1.807) is 0 Å². The first-order valence-corrected chi connectivity index (χ1v) is 6.62. The van der Waals surface area contributed by atoms with Crippen molar-refractivity contribution in [3.63, 3.8) is 0 Å². The third kappa shape index (κ3) is 2.38. The Labute approximate surface area is 112 Å². The molecule has 0 saturated carbocycles. The number of para-hydroxylation sites is 2. The summed E-state index contributed by atoms with van der Waals surface area (Å²) in [6.45, 7) is 1.82. The third-order valence-corrected chi connectivity index (χ3v) is 3.69. The molecular weight excluding hydrogens is 244 g/mol. The zero-order chi connectivity index (χ0) is 13.2. The van der Waals surface area contributed by atoms with Crippen molar-refractivity contribution in [2.45, 2.75) is 18.6 Å². The first-order chi connectivity index (χ1) is 9.28. The summed E-state index contributed by atoms with van der Waals surface area (Å²) >= 11 is 0. The average molecular weight is 262 g/mol. The minimum atomic E-state index is -0.523. The van der Waals surface area contributed by atoms with Crippen molar-refractivity contribution < 1.29 is 14.3 Å². The fourth-order valence-electron chi connectivity index (χ4n) is 2.54. The number of ether oxygens (including phenoxy) is 2. The number of hydrogen-bond acceptors (Lipinski definition) is 4. The highest BCUT2D eigenvalue weighted by Gasteiger charge is 2.34. The molecule has 2 aliphatic rings. The number of nitrogens with zero attached hydrogens (tertiary/aromatic N) is 1. The maximum atomic E-state index is 12.4. The number of carbonyl (C=O) groups excluding carboxylic acids is 1. The largest absolute Gasteiger partial charge is 0.485 e. The van der Waals surface area contributed by atoms with E-state index in [1.165, 1.54) is 0 Å². The van der Waals surface area contributed by atoms with Crippen molar-refractivity contribution in [2.75, 3.05) is 26.7 Å². The van der Waals surface area contributed by atoms with Crippen LogP contribution in [0.1, 0.15) is 6.42 Å². The summed E-state index contributed by atoms with van der Waals surface area (Å²) < 4.78 is 11.3. The van der Waals surface area contributed by atoms with Gasteiger partial charge in [0, 0.05) is 19.1 Å². The van der Waals surface area contributed by atoms with E-state index >= 15 is 0 Å². The number of rotatable bonds is 2. The molecule has 1 amide bonds. The maximum Gasteiger partial charge on any atom is 0.267 e. The second-order valence-corrected chi connectivity index (χ2v) is 4.92. The highest BCUT2D eigenvalue weighted by Crippen LogP contribution is 2.31. The fourth-order valence-corrected chi connectivity index (χ4v) is 2.54. The van der Waals surface area contributed by atoms with Crippen molar-refractivity contribution in [1.82, 2.24) is 10.2 Å². The molecule has 1 aromatic rings. The van der Waals surface area contributed by atoms with Crippen LogP contribution in [-0.4, -0.2) is 49.7 Å². The highest BCUT2D eigenvalue weighted by atomic mass is 16.6. The molecule has 3 rings (SSSR count). The van der Waals surface area contributed by atoms with Crippen molar-refractivity contribution in [1.29, 1.82) is 0 Å². The number of likely N-dealkylation sites (tertiary alicyclic amines) is 1. The summed E-state index contributed by atoms with van der Waals surface area (Å²) in [5.41, 5.74) is 0. The van der Waals surface area contributed by atoms with Gasteiger partial charge >= 0.3 is 0 Å². The van der Waals surface area contributed by atoms with Gasteiger partial charge in [-0.05, 0) is 25.6 Å². The van der Waals surface area contributed by atoms with E-state index in [-0.39, 0.29) is 12.5 Å². The molecule has 0 radical (unpaired) electrons. The van der Waals surface area contributed by atoms with Gasteiger partial charge in [0.1, 0.15) is 6.61 Å². The Bertz CT molecular complexity index is 478. The fraction of sp³-hybridized carbons (Fsp3) is 0.500. The summed E-state index contributed by atoms with van der Waals surface area (Å²) in [6.07, 6.45) is 0.470. The molecule has 2 atom stereocenters. The highest BCUT2D eigenvalue weighted by molar-refractivity contribution is 5.82. The van der Waals surface area contributed by atoms with E-state index in [9.17, 15) is 4.79 Å². The summed E-state index contributed by atoms with van der Waals surface area (Å²) in [5.74, 6) is 1.38. The zero-order valence-corrected chi connectivity index (χ0v) is 11.0. The molecule has 2 aliphatic heterocycles. The lowest BCUT2D eigenvalue weighted by Gasteiger charge is -2.28. The summed E-state index contributed by atoms with van der Waals surface area (Å²) in [6, 6.07) is 7.84. The Morgan fingerprint density at radius 2 is 2.16 bits per heavy atom. The van der Waals surface area contributed by atoms with Gasteiger partial charge in [-0.2, -0.15) is 0 Å². The summed E-state index contributed by atoms with van der Waals surface area (Å²) in [7, 11) is 1.93. The Balaban J connectivity index is 1.66. The maximum absolute atomic E-state index is 12.4. The molecule has 1 N–H and O–H groups in total. The number of benzene rings is 1. The van der Waals surface area contributed by atoms with Crippen LogP contribution in [0.25, 0.3) is 0 Å². The second-order valence-electron chi connectivity index (χ2n) is 4.92. The topological polar surface area (TPSA) is 50.8 Å². The van der Waals surface area contributed by atoms with Crippen molar-refractivity contribution in [2.24, 2.45) is 0 Å². The van der Waals surface area contributed by atoms with Crippen LogP contribution in [0.15, 0.2) is 24.3 Å². The minimum Gasteiger partial charge on any atom is -0.485 e. The van der Waals surface area contributed by atoms with Crippen LogP contribution in [0, 0.1) is 0 Å². The van der Waals surface area contributed by atoms with E-state index in [4.69, 9.17) is 9.47 Å². The third-order valence-electron chi connectivity index (χ3n) is 3.69. The van der Waals surface area contributed by atoms with Gasteiger partial charge in [-0.25, -0.2) is 0 Å². The smallest absolute Gasteiger partial charge is 0.267 e. The van der Waals surface area contributed by atoms with Gasteiger partial charge < -0.3 is 19.7 Å². The molecule has 0 bridgehead atoms. The number of carbonyl (C=O) groups is 1. The van der Waals surface area contributed by atoms with Crippen molar-refractivity contribution in [3.8, 4) is 11.5 Å². The van der Waals surface area contributed by atoms with Crippen LogP contribution in [0.5, 0.6) is 11.5 Å². The Morgan fingerprint density at radius 1 is 1.37 bits per heavy atom. The van der Waals surface area contributed by atoms with E-state index in [0.717, 1.165) is 19.5 Å². The standard InChI is InChI=1S/C14H18N2O3/c1-15-10-6-7-16(8-10)14(17)13-9-18-11-4-2-3-5-12(11)19-13/h2-5,10,13,15H,6-9H2,1H3. The SMILES string of the molecule is CNC1CCN(C(=O)C2COc3ccccc3O2)C1. The predicted molar refractivity (Wildman–Crippen MR) is 70.4 cm³/mol. The van der Waals surface area contributed by atoms with Gasteiger partial charge in [-0.3, -0.25) is 4.79 Å². The second kappa shape index (κ2) is 5.09. The van der Waals surface area contributed by atoms with Gasteiger partial charge in [0.15, 0.2) is 11.5 Å². The minimum absolute atomic E-state index is 0.0206. The normalized spacial score (nSPS) is 25.4. The molecule has 0 spiro atoms. The van der Waals surface area contributed by atoms with Crippen LogP contribution >= 0.6 is 0 Å². The van der Waals surface area contributed by atoms with Crippen LogP contribution in [-0.2, 0) is 4.79 Å². The molecule has 2 unspecified atom stereocenters. The number of nitrogens with one attached hydrogen (secondary N) is 1. The molecular formula is C14H18N2O3. The lowest BCUT2D eigenvalue weighted by Crippen LogP contribution is -2.46. The first-order valence-electron chi connectivity index (χ1n) is 6.62. The van der Waals surface area contributed by atoms with Gasteiger partial charge in [0.25, 0.3) is 5.91 Å². The van der Waals surface area contributed by atoms with Crippen molar-refractivity contribution in [3.05, 3.63) is 24.3 Å². The van der Waals surface area contributed by atoms with E-state index in [0.29, 0.717) is 17.5 Å². The molecule has 2 heterocycles. The molecule has 19 heavy (non-hydrogen) atoms. The van der Waals surface area contributed by atoms with Crippen LogP contribution in [0.2, 0.25) is 0 Å². The monoisotopic (exact) mass is 262 g/mol. The molecule has 5 nitrogen and oxygen atoms in total. The molecule has 1 saturated heterocycles. The van der Waals surface area contributed by atoms with Gasteiger partial charge in [0.05, 0.1) is 0 Å². The molecule has 5 heteroatoms. The zero-order valence-electron chi connectivity index (χ0n) is 11.0. The summed E-state index contributed by atoms with van der Waals surface area (Å²) in [4.78, 5) is 14.2. The number of likely N-dealkylation sites (N-methyl/N-ethyl adjacent to an activating group) is 1. The van der Waals surface area contributed by atoms with Crippen LogP contribution < -0.4 is 14.8 Å². The molecule has 0 aromatic heterocycles. The number of amides is 1. The van der Waals surface area contributed by atoms with Crippen LogP contribution in [0.3, 0.4) is 0 Å². The number of hydrogen-bond donors (Lipinski definition) is 1. The Kier molecular flexibility index (Phi) is 3.29. The van der Waals surface area contributed by atoms with Gasteiger partial charge in [-0.1, -0.05) is 12.1 Å². The lowest BCUT2D eigenvalue weighted by atomic mass is 10.2. The van der Waals surface area contributed by atoms with E-state index in [1.807, 2.05) is 36.2 Å². The lowest BCUT2D eigenvalue weighted by molar-refractivity contribution is -0.140. The average Bonchev–Trinajstić information content (AvgIpc) is 2.95. The predicted octanol–water partition coefficient (Wildman–Crippen LogP) is 0.647. The molecule has 1 fully saturated rings.